The van der Waals surface area contributed by atoms with E-state index in [2.05, 4.69) is 9.71 Å². The minimum atomic E-state index is -3.80. The number of benzene rings is 1. The van der Waals surface area contributed by atoms with Crippen LogP contribution in [0.3, 0.4) is 0 Å². The van der Waals surface area contributed by atoms with E-state index in [0.29, 0.717) is 0 Å². The molecule has 9 heteroatoms. The largest absolute Gasteiger partial charge is 0.280 e. The molecule has 0 saturated carbocycles. The number of nitrogens with one attached hydrogen (secondary N) is 1. The van der Waals surface area contributed by atoms with E-state index < -0.39 is 20.0 Å². The monoisotopic (exact) mass is 313 g/mol. The molecule has 7 nitrogen and oxygen atoms in total. The maximum absolute atomic E-state index is 12.0. The Bertz CT molecular complexity index is 801. The van der Waals surface area contributed by atoms with Crippen LogP contribution in [0, 0.1) is 0 Å². The molecule has 0 unspecified atom stereocenters. The molecule has 0 amide bonds. The molecule has 0 aliphatic carbocycles. The topological polar surface area (TPSA) is 119 Å². The lowest BCUT2D eigenvalue weighted by atomic mass is 10.3. The maximum Gasteiger partial charge on any atom is 0.263 e. The molecule has 20 heavy (non-hydrogen) atoms. The van der Waals surface area contributed by atoms with Crippen molar-refractivity contribution < 1.29 is 16.8 Å². The Hall–Kier alpha value is -1.97. The Kier molecular flexibility index (Phi) is 3.75. The van der Waals surface area contributed by atoms with Crippen LogP contribution in [0.5, 0.6) is 0 Å². The summed E-state index contributed by atoms with van der Waals surface area (Å²) >= 11 is 0. The van der Waals surface area contributed by atoms with Crippen LogP contribution in [0.1, 0.15) is 0 Å². The fourth-order valence-electron chi connectivity index (χ4n) is 1.43. The van der Waals surface area contributed by atoms with Crippen molar-refractivity contribution in [1.29, 1.82) is 0 Å². The molecular formula is C11H11N3O4S2. The molecule has 0 radical (unpaired) electrons. The normalized spacial score (nSPS) is 12.1. The average Bonchev–Trinajstić information content (AvgIpc) is 2.39. The maximum atomic E-state index is 12.0. The highest BCUT2D eigenvalue weighted by atomic mass is 32.2. The van der Waals surface area contributed by atoms with Crippen molar-refractivity contribution in [3.05, 3.63) is 48.8 Å². The van der Waals surface area contributed by atoms with Gasteiger partial charge in [-0.15, -0.1) is 0 Å². The van der Waals surface area contributed by atoms with E-state index in [1.165, 1.54) is 48.8 Å². The number of hydrogen-bond acceptors (Lipinski definition) is 5. The van der Waals surface area contributed by atoms with Gasteiger partial charge >= 0.3 is 0 Å². The summed E-state index contributed by atoms with van der Waals surface area (Å²) in [6.07, 6.45) is 2.67. The highest BCUT2D eigenvalue weighted by Crippen LogP contribution is 2.17. The zero-order chi connectivity index (χ0) is 14.8. The number of rotatable bonds is 4. The van der Waals surface area contributed by atoms with Gasteiger partial charge in [-0.3, -0.25) is 9.71 Å². The summed E-state index contributed by atoms with van der Waals surface area (Å²) in [6.45, 7) is 0. The summed E-state index contributed by atoms with van der Waals surface area (Å²) in [5, 5.41) is 4.95. The summed E-state index contributed by atoms with van der Waals surface area (Å²) in [6, 6.07) is 7.96. The van der Waals surface area contributed by atoms with Crippen molar-refractivity contribution >= 4 is 25.7 Å². The molecule has 0 atom stereocenters. The molecule has 2 rings (SSSR count). The summed E-state index contributed by atoms with van der Waals surface area (Å²) in [7, 11) is -7.56. The molecular weight excluding hydrogens is 302 g/mol. The third-order valence-corrected chi connectivity index (χ3v) is 4.68. The SMILES string of the molecule is NS(=O)(=O)c1ccc(NS(=O)(=O)c2cccnc2)cc1. The Morgan fingerprint density at radius 2 is 1.60 bits per heavy atom. The second-order valence-corrected chi connectivity index (χ2v) is 7.11. The number of nitrogens with two attached hydrogens (primary N) is 1. The van der Waals surface area contributed by atoms with Crippen molar-refractivity contribution in [2.75, 3.05) is 4.72 Å². The van der Waals surface area contributed by atoms with E-state index >= 15 is 0 Å². The Balaban J connectivity index is 2.27. The Morgan fingerprint density at radius 3 is 2.10 bits per heavy atom. The number of nitrogens with zero attached hydrogens (tertiary/aromatic N) is 1. The van der Waals surface area contributed by atoms with E-state index in [9.17, 15) is 16.8 Å². The number of anilines is 1. The van der Waals surface area contributed by atoms with Crippen LogP contribution >= 0.6 is 0 Å². The van der Waals surface area contributed by atoms with E-state index in [0.717, 1.165) is 0 Å². The van der Waals surface area contributed by atoms with E-state index in [4.69, 9.17) is 5.14 Å². The van der Waals surface area contributed by atoms with Crippen molar-refractivity contribution in [3.8, 4) is 0 Å². The van der Waals surface area contributed by atoms with Gasteiger partial charge in [0, 0.05) is 18.1 Å². The number of hydrogen-bond donors (Lipinski definition) is 2. The standard InChI is InChI=1S/C11H11N3O4S2/c12-19(15,16)10-5-3-9(4-6-10)14-20(17,18)11-2-1-7-13-8-11/h1-8,14H,(H2,12,15,16). The van der Waals surface area contributed by atoms with Crippen molar-refractivity contribution in [2.45, 2.75) is 9.79 Å². The number of primary sulfonamides is 1. The molecule has 1 heterocycles. The molecule has 0 saturated heterocycles. The first kappa shape index (κ1) is 14.4. The lowest BCUT2D eigenvalue weighted by Crippen LogP contribution is -2.14. The lowest BCUT2D eigenvalue weighted by molar-refractivity contribution is 0.597. The molecule has 106 valence electrons. The smallest absolute Gasteiger partial charge is 0.263 e. The molecule has 0 spiro atoms. The minimum Gasteiger partial charge on any atom is -0.280 e. The first-order valence-electron chi connectivity index (χ1n) is 5.35. The van der Waals surface area contributed by atoms with Gasteiger partial charge in [-0.2, -0.15) is 0 Å². The van der Waals surface area contributed by atoms with Gasteiger partial charge in [0.05, 0.1) is 4.90 Å². The third-order valence-electron chi connectivity index (χ3n) is 2.38. The van der Waals surface area contributed by atoms with Crippen LogP contribution in [0.25, 0.3) is 0 Å². The van der Waals surface area contributed by atoms with Crippen LogP contribution < -0.4 is 9.86 Å². The van der Waals surface area contributed by atoms with E-state index in [1.807, 2.05) is 0 Å². The van der Waals surface area contributed by atoms with Crippen LogP contribution in [-0.4, -0.2) is 21.8 Å². The molecule has 1 aromatic heterocycles. The summed E-state index contributed by atoms with van der Waals surface area (Å²) < 4.78 is 48.5. The predicted molar refractivity (Wildman–Crippen MR) is 72.9 cm³/mol. The van der Waals surface area contributed by atoms with Gasteiger partial charge in [0.1, 0.15) is 4.90 Å². The highest BCUT2D eigenvalue weighted by Gasteiger charge is 2.14. The first-order valence-corrected chi connectivity index (χ1v) is 8.38. The van der Waals surface area contributed by atoms with Gasteiger partial charge in [0.2, 0.25) is 10.0 Å². The van der Waals surface area contributed by atoms with Crippen molar-refractivity contribution in [2.24, 2.45) is 5.14 Å². The van der Waals surface area contributed by atoms with E-state index in [1.54, 1.807) is 0 Å². The first-order chi connectivity index (χ1) is 9.29. The molecule has 0 aliphatic heterocycles. The second-order valence-electron chi connectivity index (χ2n) is 3.86. The van der Waals surface area contributed by atoms with Crippen LogP contribution in [0.4, 0.5) is 5.69 Å². The fourth-order valence-corrected chi connectivity index (χ4v) is 2.97. The Morgan fingerprint density at radius 1 is 0.950 bits per heavy atom. The summed E-state index contributed by atoms with van der Waals surface area (Å²) in [5.74, 6) is 0. The molecule has 1 aromatic carbocycles. The van der Waals surface area contributed by atoms with Crippen molar-refractivity contribution in [1.82, 2.24) is 4.98 Å². The number of pyridine rings is 1. The van der Waals surface area contributed by atoms with Gasteiger partial charge in [-0.25, -0.2) is 22.0 Å². The van der Waals surface area contributed by atoms with Gasteiger partial charge < -0.3 is 0 Å². The second kappa shape index (κ2) is 5.19. The van der Waals surface area contributed by atoms with Crippen LogP contribution in [0.15, 0.2) is 58.6 Å². The molecule has 0 aliphatic rings. The Labute approximate surface area is 116 Å². The summed E-state index contributed by atoms with van der Waals surface area (Å²) in [5.41, 5.74) is 0.223. The quantitative estimate of drug-likeness (QED) is 0.853. The third kappa shape index (κ3) is 3.32. The lowest BCUT2D eigenvalue weighted by Gasteiger charge is -2.08. The molecule has 2 aromatic rings. The summed E-state index contributed by atoms with van der Waals surface area (Å²) in [4.78, 5) is 3.64. The molecule has 0 fully saturated rings. The van der Waals surface area contributed by atoms with Gasteiger partial charge in [0.15, 0.2) is 0 Å². The highest BCUT2D eigenvalue weighted by molar-refractivity contribution is 7.92. The fraction of sp³-hybridized carbons (Fsp3) is 0. The number of sulfonamides is 2. The van der Waals surface area contributed by atoms with E-state index in [-0.39, 0.29) is 15.5 Å². The van der Waals surface area contributed by atoms with Gasteiger partial charge in [0.25, 0.3) is 10.0 Å². The molecule has 0 bridgehead atoms. The van der Waals surface area contributed by atoms with Crippen LogP contribution in [0.2, 0.25) is 0 Å². The minimum absolute atomic E-state index is 0.00974. The molecule has 3 N–H and O–H groups in total. The van der Waals surface area contributed by atoms with Gasteiger partial charge in [-0.1, -0.05) is 0 Å². The zero-order valence-electron chi connectivity index (χ0n) is 10.1. The average molecular weight is 313 g/mol. The van der Waals surface area contributed by atoms with Crippen LogP contribution in [-0.2, 0) is 20.0 Å². The van der Waals surface area contributed by atoms with Crippen molar-refractivity contribution in [3.63, 3.8) is 0 Å². The number of aromatic nitrogens is 1. The predicted octanol–water partition coefficient (Wildman–Crippen LogP) is 0.530. The van der Waals surface area contributed by atoms with Gasteiger partial charge in [-0.05, 0) is 36.4 Å². The zero-order valence-corrected chi connectivity index (χ0v) is 11.7.